The van der Waals surface area contributed by atoms with E-state index >= 15 is 0 Å². The van der Waals surface area contributed by atoms with Gasteiger partial charge in [0.25, 0.3) is 0 Å². The highest BCUT2D eigenvalue weighted by Crippen LogP contribution is 2.27. The number of ether oxygens (including phenoxy) is 1. The highest BCUT2D eigenvalue weighted by molar-refractivity contribution is 6.42. The fourth-order valence-electron chi connectivity index (χ4n) is 2.79. The fourth-order valence-corrected chi connectivity index (χ4v) is 3.39. The molecule has 0 radical (unpaired) electrons. The van der Waals surface area contributed by atoms with Crippen molar-refractivity contribution in [2.24, 2.45) is 0 Å². The Labute approximate surface area is 171 Å². The highest BCUT2D eigenvalue weighted by Gasteiger charge is 2.11. The topological polar surface area (TPSA) is 15.7 Å². The first kappa shape index (κ1) is 21.3. The van der Waals surface area contributed by atoms with E-state index in [4.69, 9.17) is 39.5 Å². The Hall–Kier alpha value is -0.970. The monoisotopic (exact) mass is 414 g/mol. The maximum Gasteiger partial charge on any atom is 0.137 e. The second-order valence-electron chi connectivity index (χ2n) is 6.58. The summed E-state index contributed by atoms with van der Waals surface area (Å²) in [5.74, 6) is 0.694. The maximum absolute atomic E-state index is 6.27. The van der Waals surface area contributed by atoms with Gasteiger partial charge in [0.05, 0.1) is 22.2 Å². The highest BCUT2D eigenvalue weighted by atomic mass is 35.5. The summed E-state index contributed by atoms with van der Waals surface area (Å²) >= 11 is 18.5. The van der Waals surface area contributed by atoms with Crippen LogP contribution >= 0.6 is 34.8 Å². The number of benzene rings is 2. The van der Waals surface area contributed by atoms with Gasteiger partial charge in [-0.1, -0.05) is 46.9 Å². The first-order valence-corrected chi connectivity index (χ1v) is 9.66. The number of rotatable bonds is 9. The molecule has 0 N–H and O–H groups in total. The molecule has 0 fully saturated rings. The molecule has 26 heavy (non-hydrogen) atoms. The second-order valence-corrected chi connectivity index (χ2v) is 7.81. The van der Waals surface area contributed by atoms with Gasteiger partial charge in [-0.3, -0.25) is 4.90 Å². The lowest BCUT2D eigenvalue weighted by Crippen LogP contribution is -2.26. The third-order valence-corrected chi connectivity index (χ3v) is 5.13. The van der Waals surface area contributed by atoms with E-state index in [9.17, 15) is 0 Å². The Morgan fingerprint density at radius 3 is 1.96 bits per heavy atom. The summed E-state index contributed by atoms with van der Waals surface area (Å²) in [4.78, 5) is 4.59. The predicted octanol–water partition coefficient (Wildman–Crippen LogP) is 5.61. The molecule has 6 heteroatoms. The van der Waals surface area contributed by atoms with Crippen LogP contribution in [-0.2, 0) is 13.1 Å². The average Bonchev–Trinajstić information content (AvgIpc) is 2.58. The van der Waals surface area contributed by atoms with E-state index in [0.717, 1.165) is 43.7 Å². The van der Waals surface area contributed by atoms with Gasteiger partial charge in [-0.15, -0.1) is 0 Å². The molecule has 2 aromatic carbocycles. The van der Waals surface area contributed by atoms with Crippen LogP contribution in [0.2, 0.25) is 15.1 Å². The molecule has 3 nitrogen and oxygen atoms in total. The Balaban J connectivity index is 2.11. The zero-order valence-corrected chi connectivity index (χ0v) is 17.7. The number of methoxy groups -OCH3 is 1. The molecule has 142 valence electrons. The first-order valence-electron chi connectivity index (χ1n) is 8.52. The van der Waals surface area contributed by atoms with E-state index in [1.54, 1.807) is 7.11 Å². The van der Waals surface area contributed by atoms with Crippen LogP contribution in [0.3, 0.4) is 0 Å². The van der Waals surface area contributed by atoms with E-state index in [-0.39, 0.29) is 0 Å². The van der Waals surface area contributed by atoms with Crippen molar-refractivity contribution in [2.75, 3.05) is 34.3 Å². The van der Waals surface area contributed by atoms with Crippen LogP contribution in [0.5, 0.6) is 5.75 Å². The minimum absolute atomic E-state index is 0.580. The molecule has 2 rings (SSSR count). The maximum atomic E-state index is 6.27. The van der Waals surface area contributed by atoms with Crippen molar-refractivity contribution in [3.63, 3.8) is 0 Å². The lowest BCUT2D eigenvalue weighted by atomic mass is 10.1. The minimum Gasteiger partial charge on any atom is -0.495 e. The van der Waals surface area contributed by atoms with Crippen molar-refractivity contribution in [1.82, 2.24) is 9.80 Å². The summed E-state index contributed by atoms with van der Waals surface area (Å²) in [6, 6.07) is 11.7. The van der Waals surface area contributed by atoms with Gasteiger partial charge in [-0.25, -0.2) is 0 Å². The third-order valence-electron chi connectivity index (χ3n) is 4.09. The van der Waals surface area contributed by atoms with Crippen molar-refractivity contribution in [3.8, 4) is 5.75 Å². The van der Waals surface area contributed by atoms with Gasteiger partial charge in [-0.05, 0) is 62.5 Å². The Bertz CT molecular complexity index is 722. The van der Waals surface area contributed by atoms with Gasteiger partial charge < -0.3 is 9.64 Å². The van der Waals surface area contributed by atoms with E-state index < -0.39 is 0 Å². The van der Waals surface area contributed by atoms with Gasteiger partial charge >= 0.3 is 0 Å². The van der Waals surface area contributed by atoms with Crippen LogP contribution in [0.25, 0.3) is 0 Å². The Morgan fingerprint density at radius 1 is 0.808 bits per heavy atom. The van der Waals surface area contributed by atoms with Gasteiger partial charge in [0, 0.05) is 19.6 Å². The summed E-state index contributed by atoms with van der Waals surface area (Å²) in [6.07, 6.45) is 1.08. The van der Waals surface area contributed by atoms with Crippen LogP contribution in [0.15, 0.2) is 36.4 Å². The van der Waals surface area contributed by atoms with Crippen LogP contribution in [0.4, 0.5) is 0 Å². The molecule has 0 saturated carbocycles. The summed E-state index contributed by atoms with van der Waals surface area (Å²) in [6.45, 7) is 3.62. The summed E-state index contributed by atoms with van der Waals surface area (Å²) in [5, 5.41) is 1.80. The Kier molecular flexibility index (Phi) is 8.52. The SMILES string of the molecule is COc1ccc(CN(CCCN(C)C)Cc2ccc(Cl)c(Cl)c2)cc1Cl. The predicted molar refractivity (Wildman–Crippen MR) is 112 cm³/mol. The molecule has 0 aliphatic carbocycles. The molecule has 0 bridgehead atoms. The van der Waals surface area contributed by atoms with E-state index in [1.165, 1.54) is 0 Å². The zero-order valence-electron chi connectivity index (χ0n) is 15.4. The Morgan fingerprint density at radius 2 is 1.42 bits per heavy atom. The molecule has 2 aromatic rings. The fraction of sp³-hybridized carbons (Fsp3) is 0.400. The van der Waals surface area contributed by atoms with Crippen molar-refractivity contribution in [3.05, 3.63) is 62.6 Å². The number of halogens is 3. The summed E-state index contributed by atoms with van der Waals surface area (Å²) in [5.41, 5.74) is 2.30. The quantitative estimate of drug-likeness (QED) is 0.529. The molecule has 0 amide bonds. The molecular weight excluding hydrogens is 391 g/mol. The van der Waals surface area contributed by atoms with Gasteiger partial charge in [0.1, 0.15) is 5.75 Å². The van der Waals surface area contributed by atoms with Gasteiger partial charge in [0.2, 0.25) is 0 Å². The molecule has 0 atom stereocenters. The van der Waals surface area contributed by atoms with Crippen molar-refractivity contribution >= 4 is 34.8 Å². The molecule has 0 aliphatic heterocycles. The van der Waals surface area contributed by atoms with Gasteiger partial charge in [-0.2, -0.15) is 0 Å². The second kappa shape index (κ2) is 10.4. The van der Waals surface area contributed by atoms with Crippen LogP contribution in [0.1, 0.15) is 17.5 Å². The lowest BCUT2D eigenvalue weighted by molar-refractivity contribution is 0.239. The third kappa shape index (κ3) is 6.64. The minimum atomic E-state index is 0.580. The van der Waals surface area contributed by atoms with E-state index in [2.05, 4.69) is 30.0 Å². The van der Waals surface area contributed by atoms with Crippen LogP contribution in [0, 0.1) is 0 Å². The molecule has 0 aliphatic rings. The molecule has 0 spiro atoms. The largest absolute Gasteiger partial charge is 0.495 e. The zero-order chi connectivity index (χ0) is 19.1. The van der Waals surface area contributed by atoms with E-state index in [1.807, 2.05) is 30.3 Å². The first-order chi connectivity index (χ1) is 12.4. The van der Waals surface area contributed by atoms with Crippen molar-refractivity contribution in [1.29, 1.82) is 0 Å². The molecule has 0 aromatic heterocycles. The number of hydrogen-bond acceptors (Lipinski definition) is 3. The average molecular weight is 416 g/mol. The van der Waals surface area contributed by atoms with Crippen LogP contribution in [-0.4, -0.2) is 44.1 Å². The summed E-state index contributed by atoms with van der Waals surface area (Å²) in [7, 11) is 5.80. The standard InChI is InChI=1S/C20H25Cl3N2O/c1-24(2)9-4-10-25(13-15-5-7-17(21)18(22)11-15)14-16-6-8-20(26-3)19(23)12-16/h5-8,11-12H,4,9-10,13-14H2,1-3H3. The van der Waals surface area contributed by atoms with E-state index in [0.29, 0.717) is 20.8 Å². The molecule has 0 unspecified atom stereocenters. The molecular formula is C20H25Cl3N2O. The van der Waals surface area contributed by atoms with Crippen molar-refractivity contribution in [2.45, 2.75) is 19.5 Å². The number of hydrogen-bond donors (Lipinski definition) is 0. The smallest absolute Gasteiger partial charge is 0.137 e. The lowest BCUT2D eigenvalue weighted by Gasteiger charge is -2.24. The van der Waals surface area contributed by atoms with Crippen molar-refractivity contribution < 1.29 is 4.74 Å². The number of nitrogens with zero attached hydrogens (tertiary/aromatic N) is 2. The van der Waals surface area contributed by atoms with Gasteiger partial charge in [0.15, 0.2) is 0 Å². The normalized spacial score (nSPS) is 11.4. The molecule has 0 saturated heterocycles. The summed E-state index contributed by atoms with van der Waals surface area (Å²) < 4.78 is 5.24. The molecule has 0 heterocycles. The van der Waals surface area contributed by atoms with Crippen LogP contribution < -0.4 is 4.74 Å².